The molecule has 0 bridgehead atoms. The molecule has 1 unspecified atom stereocenters. The summed E-state index contributed by atoms with van der Waals surface area (Å²) in [7, 11) is 0. The summed E-state index contributed by atoms with van der Waals surface area (Å²) in [5, 5.41) is 9.34. The van der Waals surface area contributed by atoms with Crippen LogP contribution in [0.1, 0.15) is 39.6 Å². The number of carboxylic acids is 1. The summed E-state index contributed by atoms with van der Waals surface area (Å²) in [6.07, 6.45) is 0.917. The average molecular weight is 297 g/mol. The van der Waals surface area contributed by atoms with E-state index in [4.69, 9.17) is 0 Å². The van der Waals surface area contributed by atoms with E-state index in [-0.39, 0.29) is 5.92 Å². The summed E-state index contributed by atoms with van der Waals surface area (Å²) < 4.78 is 0. The number of rotatable bonds is 3. The number of nitrogens with zero attached hydrogens (tertiary/aromatic N) is 3. The summed E-state index contributed by atoms with van der Waals surface area (Å²) in [5.41, 5.74) is 3.21. The number of carboxylic acid groups (broad SMARTS) is 1. The molecular formula is C17H19N3O2. The zero-order chi connectivity index (χ0) is 15.7. The van der Waals surface area contributed by atoms with Crippen molar-refractivity contribution in [2.45, 2.75) is 26.2 Å². The third kappa shape index (κ3) is 2.79. The van der Waals surface area contributed by atoms with Crippen LogP contribution in [0.5, 0.6) is 0 Å². The van der Waals surface area contributed by atoms with E-state index in [9.17, 15) is 9.90 Å². The van der Waals surface area contributed by atoms with E-state index in [1.807, 2.05) is 32.0 Å². The second kappa shape index (κ2) is 5.75. The summed E-state index contributed by atoms with van der Waals surface area (Å²) >= 11 is 0. The van der Waals surface area contributed by atoms with Crippen molar-refractivity contribution in [2.24, 2.45) is 0 Å². The first kappa shape index (κ1) is 14.5. The highest BCUT2D eigenvalue weighted by molar-refractivity contribution is 5.89. The number of hydrogen-bond acceptors (Lipinski definition) is 4. The van der Waals surface area contributed by atoms with E-state index in [1.165, 1.54) is 0 Å². The molecule has 22 heavy (non-hydrogen) atoms. The van der Waals surface area contributed by atoms with Gasteiger partial charge in [-0.05, 0) is 38.0 Å². The number of aromatic carboxylic acids is 1. The van der Waals surface area contributed by atoms with Crippen LogP contribution in [0.25, 0.3) is 0 Å². The zero-order valence-corrected chi connectivity index (χ0v) is 12.8. The Morgan fingerprint density at radius 3 is 2.59 bits per heavy atom. The zero-order valence-electron chi connectivity index (χ0n) is 12.8. The van der Waals surface area contributed by atoms with E-state index in [2.05, 4.69) is 14.9 Å². The van der Waals surface area contributed by atoms with Gasteiger partial charge >= 0.3 is 5.97 Å². The number of benzene rings is 1. The minimum absolute atomic E-state index is 0.205. The molecule has 3 rings (SSSR count). The Hall–Kier alpha value is -2.43. The monoisotopic (exact) mass is 297 g/mol. The largest absolute Gasteiger partial charge is 0.478 e. The number of aromatic nitrogens is 2. The van der Waals surface area contributed by atoms with E-state index in [0.29, 0.717) is 5.56 Å². The van der Waals surface area contributed by atoms with Crippen molar-refractivity contribution < 1.29 is 9.90 Å². The molecule has 5 nitrogen and oxygen atoms in total. The maximum absolute atomic E-state index is 11.4. The normalized spacial score (nSPS) is 17.7. The predicted octanol–water partition coefficient (Wildman–Crippen LogP) is 2.79. The van der Waals surface area contributed by atoms with E-state index >= 15 is 0 Å². The summed E-state index contributed by atoms with van der Waals surface area (Å²) in [6, 6.07) is 9.22. The number of aryl methyl sites for hydroxylation is 2. The van der Waals surface area contributed by atoms with E-state index in [0.717, 1.165) is 42.4 Å². The molecule has 1 fully saturated rings. The lowest BCUT2D eigenvalue weighted by Gasteiger charge is -2.18. The second-order valence-electron chi connectivity index (χ2n) is 5.77. The van der Waals surface area contributed by atoms with Gasteiger partial charge in [0.25, 0.3) is 0 Å². The fourth-order valence-electron chi connectivity index (χ4n) is 3.09. The molecule has 5 heteroatoms. The minimum Gasteiger partial charge on any atom is -0.478 e. The fourth-order valence-corrected chi connectivity index (χ4v) is 3.09. The van der Waals surface area contributed by atoms with Crippen molar-refractivity contribution in [1.82, 2.24) is 9.97 Å². The highest BCUT2D eigenvalue weighted by Gasteiger charge is 2.28. The van der Waals surface area contributed by atoms with Gasteiger partial charge in [0.1, 0.15) is 0 Å². The topological polar surface area (TPSA) is 66.3 Å². The first-order valence-corrected chi connectivity index (χ1v) is 7.44. The van der Waals surface area contributed by atoms with Gasteiger partial charge < -0.3 is 10.0 Å². The molecule has 1 aliphatic heterocycles. The molecular weight excluding hydrogens is 278 g/mol. The molecule has 1 aromatic heterocycles. The van der Waals surface area contributed by atoms with Crippen LogP contribution in [-0.2, 0) is 0 Å². The Bertz CT molecular complexity index is 695. The van der Waals surface area contributed by atoms with Crippen LogP contribution in [0.15, 0.2) is 30.3 Å². The first-order chi connectivity index (χ1) is 10.5. The maximum Gasteiger partial charge on any atom is 0.335 e. The van der Waals surface area contributed by atoms with Crippen LogP contribution in [0.4, 0.5) is 5.95 Å². The van der Waals surface area contributed by atoms with E-state index < -0.39 is 5.97 Å². The van der Waals surface area contributed by atoms with Gasteiger partial charge in [0, 0.05) is 30.4 Å². The minimum atomic E-state index is -0.864. The van der Waals surface area contributed by atoms with Crippen molar-refractivity contribution in [3.05, 3.63) is 52.8 Å². The molecule has 114 valence electrons. The Kier molecular flexibility index (Phi) is 3.79. The second-order valence-corrected chi connectivity index (χ2v) is 5.77. The van der Waals surface area contributed by atoms with Crippen molar-refractivity contribution in [3.8, 4) is 0 Å². The lowest BCUT2D eigenvalue weighted by molar-refractivity contribution is 0.0695. The molecule has 0 spiro atoms. The molecule has 0 saturated carbocycles. The lowest BCUT2D eigenvalue weighted by atomic mass is 9.93. The van der Waals surface area contributed by atoms with Crippen LogP contribution >= 0.6 is 0 Å². The maximum atomic E-state index is 11.4. The molecule has 0 amide bonds. The number of carbonyl (C=O) groups is 1. The van der Waals surface area contributed by atoms with Crippen molar-refractivity contribution in [1.29, 1.82) is 0 Å². The Morgan fingerprint density at radius 1 is 1.23 bits per heavy atom. The quantitative estimate of drug-likeness (QED) is 0.943. The molecule has 1 N–H and O–H groups in total. The first-order valence-electron chi connectivity index (χ1n) is 7.44. The Labute approximate surface area is 129 Å². The number of anilines is 1. The van der Waals surface area contributed by atoms with Gasteiger partial charge in [-0.15, -0.1) is 0 Å². The van der Waals surface area contributed by atoms with Gasteiger partial charge in [-0.1, -0.05) is 18.2 Å². The Balaban J connectivity index is 1.85. The van der Waals surface area contributed by atoms with Gasteiger partial charge in [0.05, 0.1) is 5.56 Å². The third-order valence-electron chi connectivity index (χ3n) is 4.07. The smallest absolute Gasteiger partial charge is 0.335 e. The van der Waals surface area contributed by atoms with Crippen LogP contribution < -0.4 is 4.90 Å². The summed E-state index contributed by atoms with van der Waals surface area (Å²) in [5.74, 6) is 0.0845. The van der Waals surface area contributed by atoms with Crippen molar-refractivity contribution >= 4 is 11.9 Å². The van der Waals surface area contributed by atoms with Gasteiger partial charge in [-0.2, -0.15) is 0 Å². The van der Waals surface area contributed by atoms with Gasteiger partial charge in [0.15, 0.2) is 0 Å². The van der Waals surface area contributed by atoms with Gasteiger partial charge in [-0.3, -0.25) is 0 Å². The molecule has 0 radical (unpaired) electrons. The van der Waals surface area contributed by atoms with Crippen LogP contribution in [-0.4, -0.2) is 34.1 Å². The van der Waals surface area contributed by atoms with Crippen LogP contribution in [0, 0.1) is 13.8 Å². The van der Waals surface area contributed by atoms with Crippen LogP contribution in [0.3, 0.4) is 0 Å². The summed E-state index contributed by atoms with van der Waals surface area (Å²) in [4.78, 5) is 22.5. The number of hydrogen-bond donors (Lipinski definition) is 1. The molecule has 2 aromatic rings. The highest BCUT2D eigenvalue weighted by Crippen LogP contribution is 2.31. The molecule has 2 heterocycles. The SMILES string of the molecule is Cc1cc(C)nc(N2CCC(c3ccccc3C(=O)O)C2)n1. The van der Waals surface area contributed by atoms with Crippen LogP contribution in [0.2, 0.25) is 0 Å². The Morgan fingerprint density at radius 2 is 1.91 bits per heavy atom. The van der Waals surface area contributed by atoms with E-state index in [1.54, 1.807) is 12.1 Å². The fraction of sp³-hybridized carbons (Fsp3) is 0.353. The van der Waals surface area contributed by atoms with Crippen molar-refractivity contribution in [2.75, 3.05) is 18.0 Å². The molecule has 0 aliphatic carbocycles. The van der Waals surface area contributed by atoms with Gasteiger partial charge in [0.2, 0.25) is 5.95 Å². The third-order valence-corrected chi connectivity index (χ3v) is 4.07. The highest BCUT2D eigenvalue weighted by atomic mass is 16.4. The summed E-state index contributed by atoms with van der Waals surface area (Å²) in [6.45, 7) is 5.53. The predicted molar refractivity (Wildman–Crippen MR) is 84.5 cm³/mol. The standard InChI is InChI=1S/C17H19N3O2/c1-11-9-12(2)19-17(18-11)20-8-7-13(10-20)14-5-3-4-6-15(14)16(21)22/h3-6,9,13H,7-8,10H2,1-2H3,(H,21,22). The molecule has 1 aromatic carbocycles. The van der Waals surface area contributed by atoms with Crippen molar-refractivity contribution in [3.63, 3.8) is 0 Å². The molecule has 1 aliphatic rings. The lowest BCUT2D eigenvalue weighted by Crippen LogP contribution is -2.22. The molecule has 1 atom stereocenters. The average Bonchev–Trinajstić information content (AvgIpc) is 2.96. The molecule has 1 saturated heterocycles. The van der Waals surface area contributed by atoms with Gasteiger partial charge in [-0.25, -0.2) is 14.8 Å².